The SMILES string of the molecule is CC(C)C1ON=C(c2c(Cl)cccc2Cl)C1COc1ccc(-c2cc3ccc(C(=O)O)nc3cc2F)cc1. The number of carbonyl (C=O) groups is 1. The van der Waals surface area contributed by atoms with Crippen molar-refractivity contribution < 1.29 is 23.9 Å². The van der Waals surface area contributed by atoms with E-state index in [9.17, 15) is 9.18 Å². The fourth-order valence-electron chi connectivity index (χ4n) is 4.55. The summed E-state index contributed by atoms with van der Waals surface area (Å²) in [4.78, 5) is 20.9. The first-order valence-electron chi connectivity index (χ1n) is 12.0. The summed E-state index contributed by atoms with van der Waals surface area (Å²) in [6, 6.07) is 18.3. The molecule has 1 aliphatic rings. The molecule has 9 heteroatoms. The fraction of sp³-hybridized carbons (Fsp3) is 0.207. The highest BCUT2D eigenvalue weighted by Crippen LogP contribution is 2.35. The third-order valence-electron chi connectivity index (χ3n) is 6.49. The molecule has 4 aromatic rings. The van der Waals surface area contributed by atoms with E-state index in [1.807, 2.05) is 0 Å². The van der Waals surface area contributed by atoms with Gasteiger partial charge in [0.15, 0.2) is 0 Å². The molecule has 0 fully saturated rings. The summed E-state index contributed by atoms with van der Waals surface area (Å²) in [7, 11) is 0. The van der Waals surface area contributed by atoms with Gasteiger partial charge in [0.2, 0.25) is 0 Å². The number of ether oxygens (including phenoxy) is 1. The molecule has 1 aliphatic heterocycles. The highest BCUT2D eigenvalue weighted by atomic mass is 35.5. The molecule has 2 atom stereocenters. The molecule has 5 rings (SSSR count). The lowest BCUT2D eigenvalue weighted by Gasteiger charge is -2.23. The normalized spacial score (nSPS) is 16.9. The Hall–Kier alpha value is -3.68. The zero-order valence-electron chi connectivity index (χ0n) is 20.5. The standard InChI is InChI=1S/C29H23Cl2FN2O4/c1-15(2)28-20(27(34-38-28)26-21(30)4-3-5-22(26)31)14-37-18-9-6-16(7-10-18)19-12-17-8-11-24(29(35)36)33-25(17)13-23(19)32/h3-13,15,20,28H,14H2,1-2H3,(H,35,36). The Morgan fingerprint density at radius 2 is 1.79 bits per heavy atom. The van der Waals surface area contributed by atoms with Crippen molar-refractivity contribution in [3.63, 3.8) is 0 Å². The third-order valence-corrected chi connectivity index (χ3v) is 7.12. The Morgan fingerprint density at radius 3 is 2.45 bits per heavy atom. The molecule has 1 N–H and O–H groups in total. The number of halogens is 3. The minimum absolute atomic E-state index is 0.136. The van der Waals surface area contributed by atoms with Crippen LogP contribution in [0.15, 0.2) is 71.9 Å². The van der Waals surface area contributed by atoms with Crippen molar-refractivity contribution in [1.29, 1.82) is 0 Å². The molecule has 194 valence electrons. The summed E-state index contributed by atoms with van der Waals surface area (Å²) in [5.41, 5.74) is 2.45. The van der Waals surface area contributed by atoms with Gasteiger partial charge < -0.3 is 14.7 Å². The number of aromatic carboxylic acids is 1. The van der Waals surface area contributed by atoms with E-state index < -0.39 is 11.8 Å². The maximum absolute atomic E-state index is 14.9. The van der Waals surface area contributed by atoms with Gasteiger partial charge in [-0.2, -0.15) is 0 Å². The van der Waals surface area contributed by atoms with Gasteiger partial charge in [0.1, 0.15) is 35.7 Å². The molecule has 6 nitrogen and oxygen atoms in total. The molecule has 0 aliphatic carbocycles. The van der Waals surface area contributed by atoms with Crippen LogP contribution in [-0.2, 0) is 4.84 Å². The van der Waals surface area contributed by atoms with Crippen LogP contribution in [0.3, 0.4) is 0 Å². The number of pyridine rings is 1. The molecule has 1 aromatic heterocycles. The van der Waals surface area contributed by atoms with Gasteiger partial charge >= 0.3 is 5.97 Å². The van der Waals surface area contributed by atoms with Crippen LogP contribution in [0.1, 0.15) is 29.9 Å². The molecule has 2 heterocycles. The average molecular weight is 553 g/mol. The van der Waals surface area contributed by atoms with Gasteiger partial charge in [-0.3, -0.25) is 0 Å². The molecule has 0 amide bonds. The number of oxime groups is 1. The zero-order chi connectivity index (χ0) is 27.0. The Balaban J connectivity index is 1.36. The summed E-state index contributed by atoms with van der Waals surface area (Å²) in [6.45, 7) is 4.38. The topological polar surface area (TPSA) is 81.0 Å². The molecule has 2 unspecified atom stereocenters. The molecule has 38 heavy (non-hydrogen) atoms. The quantitative estimate of drug-likeness (QED) is 0.256. The van der Waals surface area contributed by atoms with Crippen LogP contribution in [0.2, 0.25) is 10.0 Å². The lowest BCUT2D eigenvalue weighted by molar-refractivity contribution is 0.0178. The van der Waals surface area contributed by atoms with E-state index >= 15 is 0 Å². The summed E-state index contributed by atoms with van der Waals surface area (Å²) >= 11 is 12.9. The number of nitrogens with zero attached hydrogens (tertiary/aromatic N) is 2. The van der Waals surface area contributed by atoms with Crippen molar-refractivity contribution in [3.8, 4) is 16.9 Å². The molecule has 0 radical (unpaired) electrons. The summed E-state index contributed by atoms with van der Waals surface area (Å²) in [5.74, 6) is -1.09. The Bertz CT molecular complexity index is 1540. The van der Waals surface area contributed by atoms with Crippen LogP contribution in [0, 0.1) is 17.7 Å². The van der Waals surface area contributed by atoms with Gasteiger partial charge in [0.05, 0.1) is 21.5 Å². The molecule has 0 bridgehead atoms. The van der Waals surface area contributed by atoms with Crippen LogP contribution >= 0.6 is 23.2 Å². The maximum atomic E-state index is 14.9. The number of aromatic nitrogens is 1. The predicted molar refractivity (Wildman–Crippen MR) is 146 cm³/mol. The molecule has 0 saturated heterocycles. The lowest BCUT2D eigenvalue weighted by atomic mass is 9.87. The van der Waals surface area contributed by atoms with Crippen molar-refractivity contribution in [2.45, 2.75) is 20.0 Å². The fourth-order valence-corrected chi connectivity index (χ4v) is 5.14. The minimum Gasteiger partial charge on any atom is -0.493 e. The number of benzene rings is 3. The van der Waals surface area contributed by atoms with E-state index in [1.54, 1.807) is 54.6 Å². The second kappa shape index (κ2) is 10.6. The zero-order valence-corrected chi connectivity index (χ0v) is 22.0. The Morgan fingerprint density at radius 1 is 1.08 bits per heavy atom. The number of carboxylic acids is 1. The number of fused-ring (bicyclic) bond motifs is 1. The van der Waals surface area contributed by atoms with Crippen molar-refractivity contribution in [2.75, 3.05) is 6.61 Å². The van der Waals surface area contributed by atoms with E-state index in [2.05, 4.69) is 24.0 Å². The first-order chi connectivity index (χ1) is 18.2. The summed E-state index contributed by atoms with van der Waals surface area (Å²) < 4.78 is 21.0. The number of carboxylic acid groups (broad SMARTS) is 1. The van der Waals surface area contributed by atoms with Crippen LogP contribution in [0.5, 0.6) is 5.75 Å². The van der Waals surface area contributed by atoms with Gasteiger partial charge in [-0.05, 0) is 47.9 Å². The number of hydrogen-bond donors (Lipinski definition) is 1. The van der Waals surface area contributed by atoms with Gasteiger partial charge in [0.25, 0.3) is 0 Å². The van der Waals surface area contributed by atoms with E-state index in [1.165, 1.54) is 12.1 Å². The monoisotopic (exact) mass is 552 g/mol. The van der Waals surface area contributed by atoms with Gasteiger partial charge in [-0.25, -0.2) is 14.2 Å². The second-order valence-electron chi connectivity index (χ2n) is 9.36. The van der Waals surface area contributed by atoms with Gasteiger partial charge in [-0.1, -0.05) is 66.5 Å². The first-order valence-corrected chi connectivity index (χ1v) is 12.7. The average Bonchev–Trinajstić information content (AvgIpc) is 3.30. The molecule has 0 saturated carbocycles. The van der Waals surface area contributed by atoms with Crippen LogP contribution in [-0.4, -0.2) is 34.5 Å². The van der Waals surface area contributed by atoms with E-state index in [0.717, 1.165) is 0 Å². The van der Waals surface area contributed by atoms with E-state index in [-0.39, 0.29) is 35.8 Å². The number of hydrogen-bond acceptors (Lipinski definition) is 5. The second-order valence-corrected chi connectivity index (χ2v) is 10.2. The predicted octanol–water partition coefficient (Wildman–Crippen LogP) is 7.50. The van der Waals surface area contributed by atoms with E-state index in [0.29, 0.717) is 43.6 Å². The van der Waals surface area contributed by atoms with Gasteiger partial charge in [0, 0.05) is 22.6 Å². The molecular weight excluding hydrogens is 530 g/mol. The smallest absolute Gasteiger partial charge is 0.354 e. The first kappa shape index (κ1) is 25.9. The largest absolute Gasteiger partial charge is 0.493 e. The number of rotatable bonds is 7. The molecule has 3 aromatic carbocycles. The van der Waals surface area contributed by atoms with Crippen molar-refractivity contribution in [3.05, 3.63) is 93.8 Å². The van der Waals surface area contributed by atoms with E-state index in [4.69, 9.17) is 37.9 Å². The van der Waals surface area contributed by atoms with Crippen LogP contribution in [0.4, 0.5) is 4.39 Å². The van der Waals surface area contributed by atoms with Crippen molar-refractivity contribution in [1.82, 2.24) is 4.98 Å². The summed E-state index contributed by atoms with van der Waals surface area (Å²) in [5, 5.41) is 15.1. The van der Waals surface area contributed by atoms with Crippen LogP contribution < -0.4 is 4.74 Å². The maximum Gasteiger partial charge on any atom is 0.354 e. The van der Waals surface area contributed by atoms with Gasteiger partial charge in [-0.15, -0.1) is 0 Å². The summed E-state index contributed by atoms with van der Waals surface area (Å²) in [6.07, 6.45) is -0.210. The molecule has 0 spiro atoms. The minimum atomic E-state index is -1.16. The van der Waals surface area contributed by atoms with Crippen molar-refractivity contribution in [2.24, 2.45) is 17.0 Å². The molecular formula is C29H23Cl2FN2O4. The Kier molecular flexibility index (Phi) is 7.23. The lowest BCUT2D eigenvalue weighted by Crippen LogP contribution is -2.33. The Labute approximate surface area is 228 Å². The van der Waals surface area contributed by atoms with Crippen LogP contribution in [0.25, 0.3) is 22.0 Å². The van der Waals surface area contributed by atoms with Crippen molar-refractivity contribution >= 4 is 45.8 Å². The third kappa shape index (κ3) is 5.04. The highest BCUT2D eigenvalue weighted by molar-refractivity contribution is 6.40. The highest BCUT2D eigenvalue weighted by Gasteiger charge is 2.39.